The molecule has 5 heteroatoms. The first-order valence-corrected chi connectivity index (χ1v) is 7.38. The van der Waals surface area contributed by atoms with Gasteiger partial charge < -0.3 is 14.8 Å². The Hall–Kier alpha value is -3.34. The van der Waals surface area contributed by atoms with Gasteiger partial charge in [0, 0.05) is 18.2 Å². The summed E-state index contributed by atoms with van der Waals surface area (Å²) in [6, 6.07) is 17.2. The average molecular weight is 321 g/mol. The highest BCUT2D eigenvalue weighted by Crippen LogP contribution is 2.23. The minimum Gasteiger partial charge on any atom is -0.478 e. The molecular weight excluding hydrogens is 306 g/mol. The molecule has 1 heterocycles. The molecular formula is C19H15NO4. The third-order valence-electron chi connectivity index (χ3n) is 3.53. The molecule has 2 N–H and O–H groups in total. The van der Waals surface area contributed by atoms with E-state index in [0.29, 0.717) is 23.5 Å². The van der Waals surface area contributed by atoms with E-state index in [0.717, 1.165) is 5.56 Å². The minimum absolute atomic E-state index is 0.0942. The van der Waals surface area contributed by atoms with Crippen molar-refractivity contribution in [1.82, 2.24) is 4.98 Å². The van der Waals surface area contributed by atoms with Gasteiger partial charge in [-0.25, -0.2) is 4.79 Å². The zero-order chi connectivity index (χ0) is 16.9. The molecule has 0 bridgehead atoms. The molecule has 0 saturated carbocycles. The van der Waals surface area contributed by atoms with Crippen LogP contribution in [0.2, 0.25) is 0 Å². The highest BCUT2D eigenvalue weighted by atomic mass is 16.5. The van der Waals surface area contributed by atoms with E-state index in [4.69, 9.17) is 9.84 Å². The molecule has 0 aliphatic heterocycles. The number of benzene rings is 2. The summed E-state index contributed by atoms with van der Waals surface area (Å²) in [6.45, 7) is 0. The monoisotopic (exact) mass is 321 g/mol. The minimum atomic E-state index is -0.996. The number of H-pyrrole nitrogens is 1. The van der Waals surface area contributed by atoms with E-state index < -0.39 is 5.97 Å². The summed E-state index contributed by atoms with van der Waals surface area (Å²) in [7, 11) is 0. The number of pyridine rings is 1. The zero-order valence-electron chi connectivity index (χ0n) is 12.7. The molecule has 2 aromatic carbocycles. The summed E-state index contributed by atoms with van der Waals surface area (Å²) in [4.78, 5) is 25.3. The van der Waals surface area contributed by atoms with Gasteiger partial charge in [0.25, 0.3) is 5.56 Å². The Morgan fingerprint density at radius 3 is 2.50 bits per heavy atom. The third-order valence-corrected chi connectivity index (χ3v) is 3.53. The van der Waals surface area contributed by atoms with E-state index in [1.165, 1.54) is 12.1 Å². The number of rotatable bonds is 5. The number of ether oxygens (including phenoxy) is 1. The molecule has 24 heavy (non-hydrogen) atoms. The first-order valence-electron chi connectivity index (χ1n) is 7.38. The molecule has 0 saturated heterocycles. The topological polar surface area (TPSA) is 79.4 Å². The molecule has 1 aromatic heterocycles. The molecule has 120 valence electrons. The smallest absolute Gasteiger partial charge is 0.335 e. The molecule has 3 aromatic rings. The fourth-order valence-electron chi connectivity index (χ4n) is 2.32. The summed E-state index contributed by atoms with van der Waals surface area (Å²) < 4.78 is 5.67. The second-order valence-electron chi connectivity index (χ2n) is 5.28. The average Bonchev–Trinajstić information content (AvgIpc) is 2.59. The number of carboxylic acid groups (broad SMARTS) is 1. The van der Waals surface area contributed by atoms with Crippen molar-refractivity contribution < 1.29 is 14.6 Å². The maximum atomic E-state index is 11.7. The van der Waals surface area contributed by atoms with Crippen molar-refractivity contribution in [3.63, 3.8) is 0 Å². The van der Waals surface area contributed by atoms with Crippen molar-refractivity contribution in [2.45, 2.75) is 6.42 Å². The van der Waals surface area contributed by atoms with E-state index >= 15 is 0 Å². The van der Waals surface area contributed by atoms with Gasteiger partial charge in [0.15, 0.2) is 0 Å². The lowest BCUT2D eigenvalue weighted by Gasteiger charge is -2.07. The Bertz CT molecular complexity index is 913. The summed E-state index contributed by atoms with van der Waals surface area (Å²) in [5, 5.41) is 8.99. The zero-order valence-corrected chi connectivity index (χ0v) is 12.7. The van der Waals surface area contributed by atoms with Crippen molar-refractivity contribution in [3.05, 3.63) is 93.9 Å². The maximum Gasteiger partial charge on any atom is 0.335 e. The molecule has 0 amide bonds. The van der Waals surface area contributed by atoms with Crippen LogP contribution in [0.3, 0.4) is 0 Å². The maximum absolute atomic E-state index is 11.7. The van der Waals surface area contributed by atoms with Crippen LogP contribution >= 0.6 is 0 Å². The van der Waals surface area contributed by atoms with Crippen molar-refractivity contribution in [2.24, 2.45) is 0 Å². The van der Waals surface area contributed by atoms with Crippen LogP contribution in [0.25, 0.3) is 0 Å². The van der Waals surface area contributed by atoms with E-state index in [-0.39, 0.29) is 11.1 Å². The second-order valence-corrected chi connectivity index (χ2v) is 5.28. The van der Waals surface area contributed by atoms with Gasteiger partial charge in [-0.05, 0) is 42.0 Å². The molecule has 5 nitrogen and oxygen atoms in total. The first-order chi connectivity index (χ1) is 11.6. The molecule has 0 aliphatic carbocycles. The Morgan fingerprint density at radius 1 is 1.00 bits per heavy atom. The van der Waals surface area contributed by atoms with Gasteiger partial charge in [0.1, 0.15) is 11.5 Å². The second kappa shape index (κ2) is 6.83. The quantitative estimate of drug-likeness (QED) is 0.754. The SMILES string of the molecule is O=C(O)c1cccc(Oc2ccc(Cc3ccc[nH]c3=O)cc2)c1. The predicted octanol–water partition coefficient (Wildman–Crippen LogP) is 3.46. The number of hydrogen-bond acceptors (Lipinski definition) is 3. The lowest BCUT2D eigenvalue weighted by atomic mass is 10.1. The van der Waals surface area contributed by atoms with Crippen LogP contribution in [-0.4, -0.2) is 16.1 Å². The fourth-order valence-corrected chi connectivity index (χ4v) is 2.32. The highest BCUT2D eigenvalue weighted by Gasteiger charge is 2.05. The van der Waals surface area contributed by atoms with Gasteiger partial charge >= 0.3 is 5.97 Å². The lowest BCUT2D eigenvalue weighted by Crippen LogP contribution is -2.11. The van der Waals surface area contributed by atoms with Gasteiger partial charge in [0.05, 0.1) is 5.56 Å². The number of aromatic amines is 1. The summed E-state index contributed by atoms with van der Waals surface area (Å²) in [6.07, 6.45) is 2.14. The van der Waals surface area contributed by atoms with E-state index in [9.17, 15) is 9.59 Å². The van der Waals surface area contributed by atoms with E-state index in [1.54, 1.807) is 42.6 Å². The highest BCUT2D eigenvalue weighted by molar-refractivity contribution is 5.88. The van der Waals surface area contributed by atoms with Gasteiger partial charge in [-0.15, -0.1) is 0 Å². The van der Waals surface area contributed by atoms with Gasteiger partial charge in [-0.2, -0.15) is 0 Å². The number of aromatic nitrogens is 1. The number of hydrogen-bond donors (Lipinski definition) is 2. The van der Waals surface area contributed by atoms with Crippen LogP contribution in [0.1, 0.15) is 21.5 Å². The van der Waals surface area contributed by atoms with Crippen LogP contribution in [0.4, 0.5) is 0 Å². The molecule has 0 fully saturated rings. The molecule has 0 unspecified atom stereocenters. The Labute approximate surface area is 138 Å². The number of carboxylic acids is 1. The summed E-state index contributed by atoms with van der Waals surface area (Å²) >= 11 is 0. The van der Waals surface area contributed by atoms with Crippen molar-refractivity contribution in [2.75, 3.05) is 0 Å². The summed E-state index contributed by atoms with van der Waals surface area (Å²) in [5.41, 5.74) is 1.76. The third kappa shape index (κ3) is 3.70. The normalized spacial score (nSPS) is 10.3. The molecule has 0 aliphatic rings. The van der Waals surface area contributed by atoms with E-state index in [2.05, 4.69) is 4.98 Å². The van der Waals surface area contributed by atoms with Gasteiger partial charge in [-0.1, -0.05) is 24.3 Å². The lowest BCUT2D eigenvalue weighted by molar-refractivity contribution is 0.0696. The van der Waals surface area contributed by atoms with Gasteiger partial charge in [-0.3, -0.25) is 4.79 Å². The largest absolute Gasteiger partial charge is 0.478 e. The van der Waals surface area contributed by atoms with Gasteiger partial charge in [0.2, 0.25) is 0 Å². The van der Waals surface area contributed by atoms with Crippen LogP contribution in [0, 0.1) is 0 Å². The number of nitrogens with one attached hydrogen (secondary N) is 1. The molecule has 0 spiro atoms. The van der Waals surface area contributed by atoms with Crippen LogP contribution in [0.15, 0.2) is 71.7 Å². The van der Waals surface area contributed by atoms with Crippen LogP contribution in [-0.2, 0) is 6.42 Å². The summed E-state index contributed by atoms with van der Waals surface area (Å²) in [5.74, 6) is 0.0642. The van der Waals surface area contributed by atoms with Crippen molar-refractivity contribution >= 4 is 5.97 Å². The predicted molar refractivity (Wildman–Crippen MR) is 89.8 cm³/mol. The molecule has 3 rings (SSSR count). The van der Waals surface area contributed by atoms with Crippen LogP contribution < -0.4 is 10.3 Å². The number of carbonyl (C=O) groups is 1. The van der Waals surface area contributed by atoms with E-state index in [1.807, 2.05) is 12.1 Å². The standard InChI is InChI=1S/C19H15NO4/c21-18-14(4-2-10-20-18)11-13-6-8-16(9-7-13)24-17-5-1-3-15(12-17)19(22)23/h1-10,12H,11H2,(H,20,21)(H,22,23). The molecule has 0 atom stereocenters. The van der Waals surface area contributed by atoms with Crippen molar-refractivity contribution in [3.8, 4) is 11.5 Å². The first kappa shape index (κ1) is 15.6. The Kier molecular flexibility index (Phi) is 4.43. The molecule has 0 radical (unpaired) electrons. The Morgan fingerprint density at radius 2 is 1.79 bits per heavy atom. The number of aromatic carboxylic acids is 1. The fraction of sp³-hybridized carbons (Fsp3) is 0.0526. The van der Waals surface area contributed by atoms with Crippen LogP contribution in [0.5, 0.6) is 11.5 Å². The Balaban J connectivity index is 1.73. The van der Waals surface area contributed by atoms with Crippen molar-refractivity contribution in [1.29, 1.82) is 0 Å².